The molecule has 1 rings (SSSR count). The van der Waals surface area contributed by atoms with Crippen molar-refractivity contribution in [2.24, 2.45) is 5.73 Å². The second kappa shape index (κ2) is 5.27. The Morgan fingerprint density at radius 3 is 2.93 bits per heavy atom. The predicted molar refractivity (Wildman–Crippen MR) is 60.5 cm³/mol. The summed E-state index contributed by atoms with van der Waals surface area (Å²) in [6.07, 6.45) is 3.31. The van der Waals surface area contributed by atoms with E-state index in [9.17, 15) is 4.39 Å². The molecule has 1 aromatic carbocycles. The maximum absolute atomic E-state index is 13.5. The molecule has 0 heterocycles. The standard InChI is InChI=1S/C11H13BrFN/c1-2-3-7-10(14)8-5-4-6-9(12)11(8)13/h2,4-6,10H,1,3,7,14H2. The van der Waals surface area contributed by atoms with Gasteiger partial charge in [-0.15, -0.1) is 6.58 Å². The minimum atomic E-state index is -0.260. The molecule has 0 aliphatic heterocycles. The molecule has 1 nitrogen and oxygen atoms in total. The van der Waals surface area contributed by atoms with Crippen molar-refractivity contribution in [3.63, 3.8) is 0 Å². The number of nitrogens with two attached hydrogens (primary N) is 1. The lowest BCUT2D eigenvalue weighted by Crippen LogP contribution is -2.11. The van der Waals surface area contributed by atoms with Gasteiger partial charge >= 0.3 is 0 Å². The Labute approximate surface area is 91.9 Å². The lowest BCUT2D eigenvalue weighted by Gasteiger charge is -2.12. The van der Waals surface area contributed by atoms with Crippen molar-refractivity contribution < 1.29 is 4.39 Å². The first kappa shape index (κ1) is 11.4. The van der Waals surface area contributed by atoms with E-state index in [0.29, 0.717) is 10.0 Å². The summed E-state index contributed by atoms with van der Waals surface area (Å²) < 4.78 is 14.0. The van der Waals surface area contributed by atoms with Crippen LogP contribution < -0.4 is 5.73 Å². The summed E-state index contributed by atoms with van der Waals surface area (Å²) in [5.41, 5.74) is 6.40. The summed E-state index contributed by atoms with van der Waals surface area (Å²) >= 11 is 3.13. The maximum atomic E-state index is 13.5. The molecule has 76 valence electrons. The van der Waals surface area contributed by atoms with Gasteiger partial charge in [-0.1, -0.05) is 18.2 Å². The van der Waals surface area contributed by atoms with Crippen molar-refractivity contribution in [1.29, 1.82) is 0 Å². The molecule has 0 fully saturated rings. The minimum absolute atomic E-state index is 0.259. The molecular weight excluding hydrogens is 245 g/mol. The minimum Gasteiger partial charge on any atom is -0.324 e. The molecule has 0 amide bonds. The van der Waals surface area contributed by atoms with Gasteiger partial charge in [0.2, 0.25) is 0 Å². The number of hydrogen-bond acceptors (Lipinski definition) is 1. The molecule has 3 heteroatoms. The van der Waals surface area contributed by atoms with Gasteiger partial charge in [-0.25, -0.2) is 4.39 Å². The van der Waals surface area contributed by atoms with Crippen molar-refractivity contribution in [1.82, 2.24) is 0 Å². The van der Waals surface area contributed by atoms with E-state index in [2.05, 4.69) is 22.5 Å². The van der Waals surface area contributed by atoms with Crippen LogP contribution >= 0.6 is 15.9 Å². The topological polar surface area (TPSA) is 26.0 Å². The van der Waals surface area contributed by atoms with Gasteiger partial charge < -0.3 is 5.73 Å². The smallest absolute Gasteiger partial charge is 0.142 e. The van der Waals surface area contributed by atoms with Gasteiger partial charge in [0.15, 0.2) is 0 Å². The highest BCUT2D eigenvalue weighted by Crippen LogP contribution is 2.24. The highest BCUT2D eigenvalue weighted by Gasteiger charge is 2.12. The van der Waals surface area contributed by atoms with E-state index in [4.69, 9.17) is 5.73 Å². The van der Waals surface area contributed by atoms with E-state index in [1.54, 1.807) is 24.3 Å². The average molecular weight is 258 g/mol. The van der Waals surface area contributed by atoms with Crippen LogP contribution in [0.5, 0.6) is 0 Å². The highest BCUT2D eigenvalue weighted by molar-refractivity contribution is 9.10. The van der Waals surface area contributed by atoms with Gasteiger partial charge in [-0.05, 0) is 34.8 Å². The summed E-state index contributed by atoms with van der Waals surface area (Å²) in [5, 5.41) is 0. The van der Waals surface area contributed by atoms with Gasteiger partial charge in [0.25, 0.3) is 0 Å². The van der Waals surface area contributed by atoms with Gasteiger partial charge in [0.1, 0.15) is 5.82 Å². The lowest BCUT2D eigenvalue weighted by atomic mass is 10.0. The number of rotatable bonds is 4. The van der Waals surface area contributed by atoms with Crippen molar-refractivity contribution in [2.75, 3.05) is 0 Å². The van der Waals surface area contributed by atoms with Crippen LogP contribution in [-0.2, 0) is 0 Å². The number of halogens is 2. The Kier molecular flexibility index (Phi) is 4.29. The summed E-state index contributed by atoms with van der Waals surface area (Å²) in [6, 6.07) is 4.91. The Morgan fingerprint density at radius 2 is 2.29 bits per heavy atom. The Balaban J connectivity index is 2.83. The van der Waals surface area contributed by atoms with Crippen LogP contribution in [0.15, 0.2) is 35.3 Å². The molecule has 2 N–H and O–H groups in total. The van der Waals surface area contributed by atoms with Gasteiger partial charge in [0, 0.05) is 11.6 Å². The van der Waals surface area contributed by atoms with E-state index in [-0.39, 0.29) is 11.9 Å². The van der Waals surface area contributed by atoms with Gasteiger partial charge in [-0.2, -0.15) is 0 Å². The highest BCUT2D eigenvalue weighted by atomic mass is 79.9. The Hall–Kier alpha value is -0.670. The summed E-state index contributed by atoms with van der Waals surface area (Å²) in [7, 11) is 0. The van der Waals surface area contributed by atoms with Crippen molar-refractivity contribution in [2.45, 2.75) is 18.9 Å². The average Bonchev–Trinajstić information content (AvgIpc) is 2.18. The number of hydrogen-bond donors (Lipinski definition) is 1. The molecule has 1 unspecified atom stereocenters. The first-order valence-corrected chi connectivity index (χ1v) is 5.26. The molecule has 1 aromatic rings. The largest absolute Gasteiger partial charge is 0.324 e. The zero-order valence-corrected chi connectivity index (χ0v) is 9.43. The van der Waals surface area contributed by atoms with Crippen LogP contribution in [-0.4, -0.2) is 0 Å². The Morgan fingerprint density at radius 1 is 1.57 bits per heavy atom. The summed E-state index contributed by atoms with van der Waals surface area (Å²) in [4.78, 5) is 0. The monoisotopic (exact) mass is 257 g/mol. The second-order valence-electron chi connectivity index (χ2n) is 3.12. The quantitative estimate of drug-likeness (QED) is 0.821. The molecule has 0 radical (unpaired) electrons. The summed E-state index contributed by atoms with van der Waals surface area (Å²) in [5.74, 6) is -0.260. The molecule has 0 bridgehead atoms. The molecule has 0 aliphatic rings. The third kappa shape index (κ3) is 2.66. The van der Waals surface area contributed by atoms with E-state index in [0.717, 1.165) is 12.8 Å². The first-order valence-electron chi connectivity index (χ1n) is 4.47. The molecule has 0 spiro atoms. The van der Waals surface area contributed by atoms with Crippen molar-refractivity contribution in [3.05, 3.63) is 46.7 Å². The molecular formula is C11H13BrFN. The molecule has 0 saturated carbocycles. The fraction of sp³-hybridized carbons (Fsp3) is 0.273. The van der Waals surface area contributed by atoms with Crippen LogP contribution in [0.2, 0.25) is 0 Å². The second-order valence-corrected chi connectivity index (χ2v) is 3.97. The van der Waals surface area contributed by atoms with E-state index < -0.39 is 0 Å². The van der Waals surface area contributed by atoms with Crippen LogP contribution in [0.25, 0.3) is 0 Å². The van der Waals surface area contributed by atoms with Gasteiger partial charge in [-0.3, -0.25) is 0 Å². The third-order valence-corrected chi connectivity index (χ3v) is 2.68. The molecule has 1 atom stereocenters. The van der Waals surface area contributed by atoms with Crippen LogP contribution in [0.3, 0.4) is 0 Å². The first-order chi connectivity index (χ1) is 6.66. The normalized spacial score (nSPS) is 12.5. The van der Waals surface area contributed by atoms with Crippen LogP contribution in [0.1, 0.15) is 24.4 Å². The number of allylic oxidation sites excluding steroid dienone is 1. The molecule has 0 aliphatic carbocycles. The zero-order chi connectivity index (χ0) is 10.6. The van der Waals surface area contributed by atoms with Crippen molar-refractivity contribution >= 4 is 15.9 Å². The fourth-order valence-electron chi connectivity index (χ4n) is 1.26. The maximum Gasteiger partial charge on any atom is 0.142 e. The zero-order valence-electron chi connectivity index (χ0n) is 7.84. The van der Waals surface area contributed by atoms with Gasteiger partial charge in [0.05, 0.1) is 4.47 Å². The van der Waals surface area contributed by atoms with E-state index in [1.807, 2.05) is 0 Å². The van der Waals surface area contributed by atoms with Crippen LogP contribution in [0.4, 0.5) is 4.39 Å². The molecule has 0 saturated heterocycles. The van der Waals surface area contributed by atoms with Crippen LogP contribution in [0, 0.1) is 5.82 Å². The van der Waals surface area contributed by atoms with E-state index in [1.165, 1.54) is 0 Å². The molecule has 0 aromatic heterocycles. The van der Waals surface area contributed by atoms with E-state index >= 15 is 0 Å². The fourth-order valence-corrected chi connectivity index (χ4v) is 1.64. The molecule has 14 heavy (non-hydrogen) atoms. The SMILES string of the molecule is C=CCCC(N)c1cccc(Br)c1F. The lowest BCUT2D eigenvalue weighted by molar-refractivity contribution is 0.562. The summed E-state index contributed by atoms with van der Waals surface area (Å²) in [6.45, 7) is 3.61. The Bertz CT molecular complexity index is 325. The third-order valence-electron chi connectivity index (χ3n) is 2.06. The predicted octanol–water partition coefficient (Wildman–Crippen LogP) is 3.55. The van der Waals surface area contributed by atoms with Crippen molar-refractivity contribution in [3.8, 4) is 0 Å². The number of benzene rings is 1.